The number of hydrogen-bond donors (Lipinski definition) is 1. The second kappa shape index (κ2) is 6.04. The van der Waals surface area contributed by atoms with Gasteiger partial charge in [0.05, 0.1) is 0 Å². The van der Waals surface area contributed by atoms with Crippen molar-refractivity contribution in [2.75, 3.05) is 11.9 Å². The maximum Gasteiger partial charge on any atom is 0.182 e. The molecule has 0 bridgehead atoms. The number of aryl methyl sites for hydroxylation is 1. The first kappa shape index (κ1) is 14.4. The summed E-state index contributed by atoms with van der Waals surface area (Å²) >= 11 is 6.05. The van der Waals surface area contributed by atoms with E-state index in [0.717, 1.165) is 17.0 Å². The van der Waals surface area contributed by atoms with Crippen LogP contribution in [0, 0.1) is 11.3 Å². The average molecular weight is 312 g/mol. The summed E-state index contributed by atoms with van der Waals surface area (Å²) in [6, 6.07) is 7.93. The van der Waals surface area contributed by atoms with E-state index in [-0.39, 0.29) is 0 Å². The molecule has 3 rings (SSSR count). The molecule has 0 radical (unpaired) electrons. The van der Waals surface area contributed by atoms with Gasteiger partial charge in [-0.25, -0.2) is 9.97 Å². The van der Waals surface area contributed by atoms with E-state index in [2.05, 4.69) is 26.0 Å². The van der Waals surface area contributed by atoms with Gasteiger partial charge in [-0.15, -0.1) is 0 Å². The first-order valence-corrected chi connectivity index (χ1v) is 7.25. The van der Waals surface area contributed by atoms with Crippen molar-refractivity contribution in [1.82, 2.24) is 14.5 Å². The number of fused-ring (bicyclic) bond motifs is 1. The monoisotopic (exact) mass is 311 g/mol. The molecule has 2 heterocycles. The summed E-state index contributed by atoms with van der Waals surface area (Å²) in [5.74, 6) is 0.522. The molecule has 6 heteroatoms. The Morgan fingerprint density at radius 1 is 1.32 bits per heavy atom. The molecule has 0 saturated heterocycles. The molecule has 5 nitrogen and oxygen atoms in total. The highest BCUT2D eigenvalue weighted by Gasteiger charge is 2.08. The lowest BCUT2D eigenvalue weighted by molar-refractivity contribution is 0.939. The van der Waals surface area contributed by atoms with Gasteiger partial charge in [0.15, 0.2) is 11.5 Å². The summed E-state index contributed by atoms with van der Waals surface area (Å²) in [5, 5.41) is 14.1. The van der Waals surface area contributed by atoms with Crippen LogP contribution in [-0.4, -0.2) is 21.1 Å². The molecule has 0 spiro atoms. The molecule has 22 heavy (non-hydrogen) atoms. The first-order chi connectivity index (χ1) is 10.7. The van der Waals surface area contributed by atoms with Crippen molar-refractivity contribution in [3.8, 4) is 6.07 Å². The number of aromatic nitrogens is 3. The van der Waals surface area contributed by atoms with E-state index < -0.39 is 0 Å². The van der Waals surface area contributed by atoms with Crippen molar-refractivity contribution < 1.29 is 0 Å². The minimum absolute atomic E-state index is 0.312. The van der Waals surface area contributed by atoms with Gasteiger partial charge in [0.1, 0.15) is 6.07 Å². The van der Waals surface area contributed by atoms with Crippen molar-refractivity contribution in [3.05, 3.63) is 53.1 Å². The van der Waals surface area contributed by atoms with Crippen molar-refractivity contribution >= 4 is 28.3 Å². The van der Waals surface area contributed by atoms with E-state index in [4.69, 9.17) is 16.9 Å². The standard InChI is InChI=1S/C16H14ClN5/c1-22-10-11(13-3-2-12(17)8-15(13)22)4-5-20-16-14(9-18)19-6-7-21-16/h2-3,6-8,10H,4-5H2,1H3,(H,20,21). The van der Waals surface area contributed by atoms with Crippen molar-refractivity contribution in [1.29, 1.82) is 5.26 Å². The van der Waals surface area contributed by atoms with Crippen LogP contribution in [0.2, 0.25) is 5.02 Å². The van der Waals surface area contributed by atoms with Gasteiger partial charge in [-0.3, -0.25) is 0 Å². The number of benzene rings is 1. The lowest BCUT2D eigenvalue weighted by atomic mass is 10.1. The normalized spacial score (nSPS) is 10.6. The van der Waals surface area contributed by atoms with E-state index in [9.17, 15) is 0 Å². The van der Waals surface area contributed by atoms with Crippen LogP contribution in [0.15, 0.2) is 36.8 Å². The molecule has 0 amide bonds. The third-order valence-electron chi connectivity index (χ3n) is 3.53. The number of anilines is 1. The zero-order chi connectivity index (χ0) is 15.5. The first-order valence-electron chi connectivity index (χ1n) is 6.87. The molecular weight excluding hydrogens is 298 g/mol. The van der Waals surface area contributed by atoms with Crippen molar-refractivity contribution in [2.24, 2.45) is 7.05 Å². The van der Waals surface area contributed by atoms with E-state index in [0.29, 0.717) is 18.1 Å². The quantitative estimate of drug-likeness (QED) is 0.803. The van der Waals surface area contributed by atoms with Gasteiger partial charge in [0.25, 0.3) is 0 Å². The Balaban J connectivity index is 1.76. The van der Waals surface area contributed by atoms with Crippen LogP contribution in [-0.2, 0) is 13.5 Å². The molecule has 0 aliphatic heterocycles. The number of nitriles is 1. The lowest BCUT2D eigenvalue weighted by Gasteiger charge is -2.05. The highest BCUT2D eigenvalue weighted by molar-refractivity contribution is 6.31. The second-order valence-corrected chi connectivity index (χ2v) is 5.41. The predicted molar refractivity (Wildman–Crippen MR) is 86.9 cm³/mol. The van der Waals surface area contributed by atoms with Crippen molar-refractivity contribution in [2.45, 2.75) is 6.42 Å². The minimum atomic E-state index is 0.312. The minimum Gasteiger partial charge on any atom is -0.367 e. The molecule has 2 aromatic heterocycles. The van der Waals surface area contributed by atoms with Gasteiger partial charge in [-0.2, -0.15) is 5.26 Å². The fourth-order valence-electron chi connectivity index (χ4n) is 2.50. The molecule has 0 aliphatic rings. The average Bonchev–Trinajstić information content (AvgIpc) is 2.84. The Morgan fingerprint density at radius 3 is 2.95 bits per heavy atom. The molecule has 0 atom stereocenters. The number of rotatable bonds is 4. The Hall–Kier alpha value is -2.58. The summed E-state index contributed by atoms with van der Waals surface area (Å²) in [7, 11) is 2.01. The largest absolute Gasteiger partial charge is 0.367 e. The Morgan fingerprint density at radius 2 is 2.14 bits per heavy atom. The Labute approximate surface area is 133 Å². The summed E-state index contributed by atoms with van der Waals surface area (Å²) in [5.41, 5.74) is 2.65. The van der Waals surface area contributed by atoms with Crippen LogP contribution >= 0.6 is 11.6 Å². The van der Waals surface area contributed by atoms with Gasteiger partial charge >= 0.3 is 0 Å². The molecule has 3 aromatic rings. The van der Waals surface area contributed by atoms with Crippen LogP contribution in [0.3, 0.4) is 0 Å². The molecule has 0 fully saturated rings. The van der Waals surface area contributed by atoms with E-state index >= 15 is 0 Å². The highest BCUT2D eigenvalue weighted by atomic mass is 35.5. The Kier molecular flexibility index (Phi) is 3.94. The molecule has 0 aliphatic carbocycles. The van der Waals surface area contributed by atoms with Crippen LogP contribution in [0.5, 0.6) is 0 Å². The number of nitrogens with one attached hydrogen (secondary N) is 1. The van der Waals surface area contributed by atoms with Gasteiger partial charge in [0.2, 0.25) is 0 Å². The van der Waals surface area contributed by atoms with Gasteiger partial charge in [-0.1, -0.05) is 17.7 Å². The summed E-state index contributed by atoms with van der Waals surface area (Å²) in [6.45, 7) is 0.676. The van der Waals surface area contributed by atoms with Crippen LogP contribution in [0.25, 0.3) is 10.9 Å². The summed E-state index contributed by atoms with van der Waals surface area (Å²) < 4.78 is 2.07. The Bertz CT molecular complexity index is 863. The highest BCUT2D eigenvalue weighted by Crippen LogP contribution is 2.24. The summed E-state index contributed by atoms with van der Waals surface area (Å²) in [6.07, 6.45) is 6.01. The van der Waals surface area contributed by atoms with E-state index in [1.54, 1.807) is 6.20 Å². The maximum atomic E-state index is 9.00. The fourth-order valence-corrected chi connectivity index (χ4v) is 2.67. The van der Waals surface area contributed by atoms with Crippen LogP contribution < -0.4 is 5.32 Å². The topological polar surface area (TPSA) is 66.5 Å². The second-order valence-electron chi connectivity index (χ2n) is 4.97. The zero-order valence-electron chi connectivity index (χ0n) is 12.0. The van der Waals surface area contributed by atoms with Gasteiger partial charge < -0.3 is 9.88 Å². The molecule has 1 N–H and O–H groups in total. The molecule has 110 valence electrons. The number of nitrogens with zero attached hydrogens (tertiary/aromatic N) is 4. The predicted octanol–water partition coefficient (Wildman–Crippen LogP) is 3.15. The van der Waals surface area contributed by atoms with Crippen molar-refractivity contribution in [3.63, 3.8) is 0 Å². The molecule has 0 saturated carbocycles. The number of halogens is 1. The molecular formula is C16H14ClN5. The third kappa shape index (κ3) is 2.74. The summed E-state index contributed by atoms with van der Waals surface area (Å²) in [4.78, 5) is 8.12. The molecule has 1 aromatic carbocycles. The lowest BCUT2D eigenvalue weighted by Crippen LogP contribution is -2.08. The van der Waals surface area contributed by atoms with Gasteiger partial charge in [0, 0.05) is 48.1 Å². The zero-order valence-corrected chi connectivity index (χ0v) is 12.8. The maximum absolute atomic E-state index is 9.00. The smallest absolute Gasteiger partial charge is 0.182 e. The van der Waals surface area contributed by atoms with E-state index in [1.165, 1.54) is 17.1 Å². The van der Waals surface area contributed by atoms with Gasteiger partial charge in [-0.05, 0) is 24.1 Å². The fraction of sp³-hybridized carbons (Fsp3) is 0.188. The van der Waals surface area contributed by atoms with Crippen LogP contribution in [0.1, 0.15) is 11.3 Å². The van der Waals surface area contributed by atoms with Crippen LogP contribution in [0.4, 0.5) is 5.82 Å². The number of hydrogen-bond acceptors (Lipinski definition) is 4. The molecule has 0 unspecified atom stereocenters. The third-order valence-corrected chi connectivity index (χ3v) is 3.76. The SMILES string of the molecule is Cn1cc(CCNc2nccnc2C#N)c2ccc(Cl)cc21. The van der Waals surface area contributed by atoms with E-state index in [1.807, 2.05) is 31.3 Å².